The van der Waals surface area contributed by atoms with E-state index in [2.05, 4.69) is 52.3 Å². The number of β-lactam (4-membered cyclic amide) rings is 1. The van der Waals surface area contributed by atoms with Gasteiger partial charge in [-0.05, 0) is 49.9 Å². The number of rotatable bonds is 12. The lowest BCUT2D eigenvalue weighted by molar-refractivity contribution is -0.164. The number of hydrogen-bond donors (Lipinski definition) is 1. The van der Waals surface area contributed by atoms with Crippen molar-refractivity contribution < 1.29 is 33.0 Å². The first kappa shape index (κ1) is 30.1. The van der Waals surface area contributed by atoms with E-state index in [1.807, 2.05) is 6.92 Å². The zero-order valence-corrected chi connectivity index (χ0v) is 24.7. The van der Waals surface area contributed by atoms with Crippen molar-refractivity contribution in [2.75, 3.05) is 26.4 Å². The maximum absolute atomic E-state index is 13.6. The number of amides is 2. The van der Waals surface area contributed by atoms with Crippen LogP contribution in [-0.2, 0) is 28.2 Å². The summed E-state index contributed by atoms with van der Waals surface area (Å²) in [7, 11) is -2.10. The van der Waals surface area contributed by atoms with E-state index in [1.165, 1.54) is 12.2 Å². The second-order valence-corrected chi connectivity index (χ2v) is 16.5. The summed E-state index contributed by atoms with van der Waals surface area (Å²) in [5, 5.41) is 2.66. The maximum atomic E-state index is 13.6. The molecule has 1 saturated heterocycles. The normalized spacial score (nSPS) is 25.6. The fourth-order valence-electron chi connectivity index (χ4n) is 5.44. The van der Waals surface area contributed by atoms with Crippen molar-refractivity contribution in [1.82, 2.24) is 10.2 Å². The highest BCUT2D eigenvalue weighted by atomic mass is 28.4. The molecule has 1 N–H and O–H groups in total. The topological polar surface area (TPSA) is 103 Å². The molecule has 3 aliphatic rings. The van der Waals surface area contributed by atoms with Crippen LogP contribution < -0.4 is 5.32 Å². The molecule has 212 valence electrons. The highest BCUT2D eigenvalue weighted by molar-refractivity contribution is 6.74. The van der Waals surface area contributed by atoms with Crippen LogP contribution >= 0.6 is 0 Å². The van der Waals surface area contributed by atoms with Crippen LogP contribution in [0.5, 0.6) is 0 Å². The van der Waals surface area contributed by atoms with Gasteiger partial charge in [-0.3, -0.25) is 4.79 Å². The second-order valence-electron chi connectivity index (χ2n) is 11.7. The molecular formula is C28H44N2O7Si. The molecule has 3 rings (SSSR count). The molecule has 9 nitrogen and oxygen atoms in total. The smallest absolute Gasteiger partial charge is 0.407 e. The SMILES string of the molecule is C=CCOC(=O)NCCO[C@H]1CCC[C@H]2C1=C(C(=O)OCC=C)N1C(=O)[C@H](C(C)O[Si](C)(C)C(C)(C)C)[C@@H]21. The molecule has 0 bridgehead atoms. The van der Waals surface area contributed by atoms with Gasteiger partial charge in [-0.15, -0.1) is 0 Å². The lowest BCUT2D eigenvalue weighted by Crippen LogP contribution is -2.65. The van der Waals surface area contributed by atoms with E-state index in [-0.39, 0.29) is 67.4 Å². The van der Waals surface area contributed by atoms with Crippen molar-refractivity contribution in [2.24, 2.45) is 11.8 Å². The number of nitrogens with one attached hydrogen (secondary N) is 1. The molecule has 2 aliphatic heterocycles. The Kier molecular flexibility index (Phi) is 9.65. The van der Waals surface area contributed by atoms with E-state index in [9.17, 15) is 14.4 Å². The Morgan fingerprint density at radius 3 is 2.45 bits per heavy atom. The third-order valence-electron chi connectivity index (χ3n) is 8.18. The monoisotopic (exact) mass is 548 g/mol. The molecule has 1 unspecified atom stereocenters. The molecule has 0 aromatic carbocycles. The summed E-state index contributed by atoms with van der Waals surface area (Å²) in [5.74, 6) is -0.953. The summed E-state index contributed by atoms with van der Waals surface area (Å²) >= 11 is 0. The van der Waals surface area contributed by atoms with Gasteiger partial charge in [0.05, 0.1) is 30.8 Å². The molecule has 0 aromatic rings. The molecule has 10 heteroatoms. The van der Waals surface area contributed by atoms with Gasteiger partial charge in [-0.2, -0.15) is 0 Å². The lowest BCUT2D eigenvalue weighted by atomic mass is 9.71. The van der Waals surface area contributed by atoms with Crippen LogP contribution in [0.15, 0.2) is 36.6 Å². The van der Waals surface area contributed by atoms with Crippen LogP contribution in [0.1, 0.15) is 47.0 Å². The van der Waals surface area contributed by atoms with Crippen molar-refractivity contribution in [3.8, 4) is 0 Å². The molecule has 5 atom stereocenters. The highest BCUT2D eigenvalue weighted by Crippen LogP contribution is 2.54. The van der Waals surface area contributed by atoms with Gasteiger partial charge in [0.1, 0.15) is 18.9 Å². The summed E-state index contributed by atoms with van der Waals surface area (Å²) in [6.45, 7) is 20.7. The summed E-state index contributed by atoms with van der Waals surface area (Å²) in [4.78, 5) is 40.1. The Hall–Kier alpha value is -2.43. The van der Waals surface area contributed by atoms with Crippen molar-refractivity contribution >= 4 is 26.3 Å². The standard InChI is InChI=1S/C28H44N2O7Si/c1-9-15-35-26(32)24-22-19(12-11-13-20(22)34-17-14-29-27(33)36-16-10-2)23-21(25(31)30(23)24)18(3)37-38(7,8)28(4,5)6/h9-10,18-21,23H,1-2,11-17H2,3-8H3,(H,29,33)/t18?,19-,20-,21+,23+/m0/s1. The molecule has 2 amide bonds. The Morgan fingerprint density at radius 2 is 1.82 bits per heavy atom. The van der Waals surface area contributed by atoms with Crippen molar-refractivity contribution in [3.63, 3.8) is 0 Å². The van der Waals surface area contributed by atoms with Crippen LogP contribution in [0, 0.1) is 11.8 Å². The third kappa shape index (κ3) is 6.07. The lowest BCUT2D eigenvalue weighted by Gasteiger charge is -2.51. The van der Waals surface area contributed by atoms with E-state index in [0.29, 0.717) is 5.70 Å². The van der Waals surface area contributed by atoms with Crippen LogP contribution in [0.3, 0.4) is 0 Å². The van der Waals surface area contributed by atoms with Gasteiger partial charge in [-0.25, -0.2) is 9.59 Å². The number of alkyl carbamates (subject to hydrolysis) is 1. The Labute approximate surface area is 227 Å². The van der Waals surface area contributed by atoms with Crippen molar-refractivity contribution in [3.05, 3.63) is 36.6 Å². The number of carbonyl (C=O) groups is 3. The van der Waals surface area contributed by atoms with E-state index in [1.54, 1.807) is 4.90 Å². The second kappa shape index (κ2) is 12.2. The molecular weight excluding hydrogens is 504 g/mol. The average molecular weight is 549 g/mol. The first-order valence-electron chi connectivity index (χ1n) is 13.5. The minimum atomic E-state index is -2.10. The van der Waals surface area contributed by atoms with Crippen LogP contribution in [0.25, 0.3) is 0 Å². The summed E-state index contributed by atoms with van der Waals surface area (Å²) in [6.07, 6.45) is 4.34. The van der Waals surface area contributed by atoms with Crippen LogP contribution in [0.4, 0.5) is 4.79 Å². The van der Waals surface area contributed by atoms with Crippen LogP contribution in [-0.4, -0.2) is 75.8 Å². The molecule has 1 saturated carbocycles. The first-order chi connectivity index (χ1) is 17.9. The number of hydrogen-bond acceptors (Lipinski definition) is 7. The summed E-state index contributed by atoms with van der Waals surface area (Å²) in [5.41, 5.74) is 1.14. The Morgan fingerprint density at radius 1 is 1.16 bits per heavy atom. The molecule has 2 heterocycles. The highest BCUT2D eigenvalue weighted by Gasteiger charge is 2.63. The van der Waals surface area contributed by atoms with Gasteiger partial charge in [0.2, 0.25) is 5.91 Å². The van der Waals surface area contributed by atoms with E-state index in [4.69, 9.17) is 18.6 Å². The Balaban J connectivity index is 1.80. The number of carbonyl (C=O) groups excluding carboxylic acids is 3. The average Bonchev–Trinajstić information content (AvgIpc) is 3.14. The summed E-state index contributed by atoms with van der Waals surface area (Å²) < 4.78 is 23.2. The number of ether oxygens (including phenoxy) is 3. The number of nitrogens with zero attached hydrogens (tertiary/aromatic N) is 1. The van der Waals surface area contributed by atoms with Gasteiger partial charge < -0.3 is 28.9 Å². The zero-order chi connectivity index (χ0) is 28.3. The zero-order valence-electron chi connectivity index (χ0n) is 23.7. The molecule has 0 spiro atoms. The Bertz CT molecular complexity index is 971. The minimum Gasteiger partial charge on any atom is -0.457 e. The van der Waals surface area contributed by atoms with Crippen molar-refractivity contribution in [2.45, 2.75) is 83.3 Å². The van der Waals surface area contributed by atoms with Gasteiger partial charge >= 0.3 is 12.1 Å². The fourth-order valence-corrected chi connectivity index (χ4v) is 6.87. The maximum Gasteiger partial charge on any atom is 0.407 e. The number of esters is 1. The minimum absolute atomic E-state index is 0.00119. The first-order valence-corrected chi connectivity index (χ1v) is 16.4. The largest absolute Gasteiger partial charge is 0.457 e. The van der Waals surface area contributed by atoms with Gasteiger partial charge in [0, 0.05) is 12.5 Å². The van der Waals surface area contributed by atoms with Gasteiger partial charge in [-0.1, -0.05) is 46.1 Å². The van der Waals surface area contributed by atoms with E-state index < -0.39 is 20.4 Å². The van der Waals surface area contributed by atoms with E-state index >= 15 is 0 Å². The molecule has 0 radical (unpaired) electrons. The van der Waals surface area contributed by atoms with E-state index in [0.717, 1.165) is 24.8 Å². The molecule has 38 heavy (non-hydrogen) atoms. The number of fused-ring (bicyclic) bond motifs is 3. The van der Waals surface area contributed by atoms with Gasteiger partial charge in [0.15, 0.2) is 8.32 Å². The third-order valence-corrected chi connectivity index (χ3v) is 12.8. The predicted octanol–water partition coefficient (Wildman–Crippen LogP) is 4.32. The van der Waals surface area contributed by atoms with Gasteiger partial charge in [0.25, 0.3) is 0 Å². The predicted molar refractivity (Wildman–Crippen MR) is 147 cm³/mol. The molecule has 1 aliphatic carbocycles. The molecule has 2 fully saturated rings. The van der Waals surface area contributed by atoms with Crippen LogP contribution in [0.2, 0.25) is 18.1 Å². The molecule has 0 aromatic heterocycles. The summed E-state index contributed by atoms with van der Waals surface area (Å²) in [6, 6.07) is -0.151. The quantitative estimate of drug-likeness (QED) is 0.127. The van der Waals surface area contributed by atoms with Crippen molar-refractivity contribution in [1.29, 1.82) is 0 Å². The fraction of sp³-hybridized carbons (Fsp3) is 0.679.